The van der Waals surface area contributed by atoms with Crippen molar-refractivity contribution in [3.63, 3.8) is 0 Å². The highest BCUT2D eigenvalue weighted by Crippen LogP contribution is 2.30. The zero-order chi connectivity index (χ0) is 10.4. The van der Waals surface area contributed by atoms with Crippen molar-refractivity contribution >= 4 is 11.0 Å². The van der Waals surface area contributed by atoms with E-state index < -0.39 is 0 Å². The van der Waals surface area contributed by atoms with E-state index in [-0.39, 0.29) is 5.69 Å². The minimum atomic E-state index is -0.0146. The summed E-state index contributed by atoms with van der Waals surface area (Å²) in [6, 6.07) is 3.82. The average molecular weight is 204 g/mol. The number of rotatable bonds is 1. The minimum absolute atomic E-state index is 0.0146. The summed E-state index contributed by atoms with van der Waals surface area (Å²) in [4.78, 5) is 14.5. The van der Waals surface area contributed by atoms with Gasteiger partial charge in [0, 0.05) is 12.1 Å². The molecule has 0 saturated heterocycles. The Morgan fingerprint density at radius 3 is 3.13 bits per heavy atom. The molecule has 1 N–H and O–H groups in total. The molecule has 1 aromatic carbocycles. The Kier molecular flexibility index (Phi) is 1.65. The predicted octanol–water partition coefficient (Wildman–Crippen LogP) is 1.28. The maximum Gasteiger partial charge on any atom is 0.326 e. The average Bonchev–Trinajstić information content (AvgIpc) is 2.59. The van der Waals surface area contributed by atoms with E-state index in [0.717, 1.165) is 41.7 Å². The number of nitrogens with zero attached hydrogens (tertiary/aromatic N) is 1. The van der Waals surface area contributed by atoms with Crippen LogP contribution in [-0.2, 0) is 13.0 Å². The highest BCUT2D eigenvalue weighted by molar-refractivity contribution is 5.82. The molecule has 0 atom stereocenters. The van der Waals surface area contributed by atoms with Gasteiger partial charge in [0.2, 0.25) is 0 Å². The monoisotopic (exact) mass is 204 g/mol. The van der Waals surface area contributed by atoms with Gasteiger partial charge >= 0.3 is 5.69 Å². The Bertz CT molecular complexity index is 580. The van der Waals surface area contributed by atoms with E-state index >= 15 is 0 Å². The second kappa shape index (κ2) is 2.89. The van der Waals surface area contributed by atoms with E-state index in [1.807, 2.05) is 12.1 Å². The summed E-state index contributed by atoms with van der Waals surface area (Å²) < 4.78 is 7.12. The Morgan fingerprint density at radius 2 is 2.33 bits per heavy atom. The molecule has 0 fully saturated rings. The van der Waals surface area contributed by atoms with Crippen LogP contribution in [0.5, 0.6) is 5.75 Å². The fourth-order valence-electron chi connectivity index (χ4n) is 2.37. The van der Waals surface area contributed by atoms with Crippen LogP contribution in [0.25, 0.3) is 11.0 Å². The van der Waals surface area contributed by atoms with Crippen molar-refractivity contribution in [2.24, 2.45) is 0 Å². The maximum atomic E-state index is 11.6. The first-order chi connectivity index (χ1) is 7.31. The number of nitrogens with one attached hydrogen (secondary N) is 1. The number of methoxy groups -OCH3 is 1. The minimum Gasteiger partial charge on any atom is -0.496 e. The fraction of sp³-hybridized carbons (Fsp3) is 0.364. The smallest absolute Gasteiger partial charge is 0.326 e. The summed E-state index contributed by atoms with van der Waals surface area (Å²) in [7, 11) is 1.67. The Morgan fingerprint density at radius 1 is 1.47 bits per heavy atom. The van der Waals surface area contributed by atoms with E-state index in [0.29, 0.717) is 0 Å². The first-order valence-corrected chi connectivity index (χ1v) is 5.09. The second-order valence-electron chi connectivity index (χ2n) is 3.83. The molecule has 3 rings (SSSR count). The van der Waals surface area contributed by atoms with E-state index in [1.54, 1.807) is 11.7 Å². The first-order valence-electron chi connectivity index (χ1n) is 5.09. The number of hydrogen-bond acceptors (Lipinski definition) is 2. The van der Waals surface area contributed by atoms with E-state index in [4.69, 9.17) is 4.74 Å². The predicted molar refractivity (Wildman–Crippen MR) is 57.4 cm³/mol. The number of aromatic amines is 1. The number of aryl methyl sites for hydroxylation is 2. The van der Waals surface area contributed by atoms with Gasteiger partial charge in [0.1, 0.15) is 5.75 Å². The number of aromatic nitrogens is 2. The van der Waals surface area contributed by atoms with Crippen LogP contribution in [0.4, 0.5) is 0 Å². The molecule has 0 amide bonds. The molecule has 2 aromatic rings. The van der Waals surface area contributed by atoms with Crippen LogP contribution in [0.1, 0.15) is 12.0 Å². The van der Waals surface area contributed by atoms with Gasteiger partial charge in [0.25, 0.3) is 0 Å². The summed E-state index contributed by atoms with van der Waals surface area (Å²) in [5.74, 6) is 0.884. The standard InChI is InChI=1S/C11H12N2O2/c1-15-9-5-4-8-10-7(9)3-2-6-13(10)11(14)12-8/h4-5H,2-3,6H2,1H3,(H,12,14). The summed E-state index contributed by atoms with van der Waals surface area (Å²) in [6.45, 7) is 0.805. The van der Waals surface area contributed by atoms with Crippen molar-refractivity contribution in [1.29, 1.82) is 0 Å². The third kappa shape index (κ3) is 1.04. The lowest BCUT2D eigenvalue weighted by Gasteiger charge is -2.16. The van der Waals surface area contributed by atoms with Crippen LogP contribution in [0.3, 0.4) is 0 Å². The number of imidazole rings is 1. The van der Waals surface area contributed by atoms with Gasteiger partial charge in [-0.05, 0) is 25.0 Å². The molecule has 2 heterocycles. The quantitative estimate of drug-likeness (QED) is 0.760. The summed E-state index contributed by atoms with van der Waals surface area (Å²) in [6.07, 6.45) is 1.98. The van der Waals surface area contributed by atoms with Gasteiger partial charge in [-0.25, -0.2) is 4.79 Å². The third-order valence-corrected chi connectivity index (χ3v) is 3.02. The van der Waals surface area contributed by atoms with Crippen molar-refractivity contribution in [2.75, 3.05) is 7.11 Å². The summed E-state index contributed by atoms with van der Waals surface area (Å²) in [5.41, 5.74) is 3.07. The SMILES string of the molecule is COc1ccc2[nH]c(=O)n3c2c1CCC3. The molecule has 0 bridgehead atoms. The Balaban J connectivity index is 2.48. The molecule has 4 heteroatoms. The van der Waals surface area contributed by atoms with Crippen LogP contribution >= 0.6 is 0 Å². The molecule has 78 valence electrons. The van der Waals surface area contributed by atoms with Gasteiger partial charge in [-0.15, -0.1) is 0 Å². The van der Waals surface area contributed by atoms with Crippen molar-refractivity contribution in [3.05, 3.63) is 28.2 Å². The lowest BCUT2D eigenvalue weighted by atomic mass is 10.0. The van der Waals surface area contributed by atoms with Crippen LogP contribution in [0.15, 0.2) is 16.9 Å². The van der Waals surface area contributed by atoms with Crippen LogP contribution < -0.4 is 10.4 Å². The van der Waals surface area contributed by atoms with Gasteiger partial charge in [0.05, 0.1) is 18.1 Å². The van der Waals surface area contributed by atoms with E-state index in [9.17, 15) is 4.79 Å². The lowest BCUT2D eigenvalue weighted by Crippen LogP contribution is -2.20. The van der Waals surface area contributed by atoms with Gasteiger partial charge < -0.3 is 9.72 Å². The van der Waals surface area contributed by atoms with Crippen molar-refractivity contribution in [1.82, 2.24) is 9.55 Å². The number of benzene rings is 1. The number of ether oxygens (including phenoxy) is 1. The van der Waals surface area contributed by atoms with Crippen LogP contribution in [-0.4, -0.2) is 16.7 Å². The van der Waals surface area contributed by atoms with Gasteiger partial charge in [-0.3, -0.25) is 4.57 Å². The molecule has 15 heavy (non-hydrogen) atoms. The van der Waals surface area contributed by atoms with Gasteiger partial charge in [0.15, 0.2) is 0 Å². The van der Waals surface area contributed by atoms with E-state index in [2.05, 4.69) is 4.98 Å². The summed E-state index contributed by atoms with van der Waals surface area (Å²) in [5, 5.41) is 0. The highest BCUT2D eigenvalue weighted by atomic mass is 16.5. The zero-order valence-electron chi connectivity index (χ0n) is 8.54. The van der Waals surface area contributed by atoms with Crippen molar-refractivity contribution in [2.45, 2.75) is 19.4 Å². The van der Waals surface area contributed by atoms with Gasteiger partial charge in [-0.1, -0.05) is 0 Å². The van der Waals surface area contributed by atoms with Crippen molar-refractivity contribution in [3.8, 4) is 5.75 Å². The largest absolute Gasteiger partial charge is 0.496 e. The molecule has 1 aliphatic heterocycles. The topological polar surface area (TPSA) is 47.0 Å². The normalized spacial score (nSPS) is 14.5. The van der Waals surface area contributed by atoms with Crippen LogP contribution in [0, 0.1) is 0 Å². The molecular formula is C11H12N2O2. The summed E-state index contributed by atoms with van der Waals surface area (Å²) >= 11 is 0. The van der Waals surface area contributed by atoms with E-state index in [1.165, 1.54) is 0 Å². The molecule has 0 spiro atoms. The second-order valence-corrected chi connectivity index (χ2v) is 3.83. The Hall–Kier alpha value is -1.71. The van der Waals surface area contributed by atoms with Crippen molar-refractivity contribution < 1.29 is 4.74 Å². The highest BCUT2D eigenvalue weighted by Gasteiger charge is 2.18. The zero-order valence-corrected chi connectivity index (χ0v) is 8.54. The number of H-pyrrole nitrogens is 1. The molecule has 0 aliphatic carbocycles. The van der Waals surface area contributed by atoms with Gasteiger partial charge in [-0.2, -0.15) is 0 Å². The molecule has 0 unspecified atom stereocenters. The molecule has 0 radical (unpaired) electrons. The van der Waals surface area contributed by atoms with Crippen LogP contribution in [0.2, 0.25) is 0 Å². The fourth-order valence-corrected chi connectivity index (χ4v) is 2.37. The maximum absolute atomic E-state index is 11.6. The Labute approximate surface area is 86.5 Å². The molecule has 1 aromatic heterocycles. The molecular weight excluding hydrogens is 192 g/mol. The molecule has 0 saturated carbocycles. The number of hydrogen-bond donors (Lipinski definition) is 1. The lowest BCUT2D eigenvalue weighted by molar-refractivity contribution is 0.407. The molecule has 1 aliphatic rings. The third-order valence-electron chi connectivity index (χ3n) is 3.02. The first kappa shape index (κ1) is 8.59. The molecule has 4 nitrogen and oxygen atoms in total.